The molecule has 1 aliphatic carbocycles. The zero-order valence-electron chi connectivity index (χ0n) is 18.7. The highest BCUT2D eigenvalue weighted by atomic mass is 19.4. The van der Waals surface area contributed by atoms with Crippen LogP contribution in [0.3, 0.4) is 0 Å². The van der Waals surface area contributed by atoms with Gasteiger partial charge in [0.05, 0.1) is 34.4 Å². The normalized spacial score (nSPS) is 18.9. The third-order valence-corrected chi connectivity index (χ3v) is 6.55. The molecule has 9 heteroatoms. The number of hydrogen-bond acceptors (Lipinski definition) is 3. The monoisotopic (exact) mass is 473 g/mol. The number of carboxylic acids is 1. The molecule has 1 saturated carbocycles. The van der Waals surface area contributed by atoms with E-state index in [1.54, 1.807) is 29.1 Å². The molecule has 0 spiro atoms. The van der Waals surface area contributed by atoms with E-state index in [2.05, 4.69) is 10.3 Å². The number of halogens is 3. The van der Waals surface area contributed by atoms with Gasteiger partial charge in [-0.15, -0.1) is 0 Å². The van der Waals surface area contributed by atoms with E-state index in [1.165, 1.54) is 12.1 Å². The van der Waals surface area contributed by atoms with Gasteiger partial charge in [-0.3, -0.25) is 9.59 Å². The predicted octanol–water partition coefficient (Wildman–Crippen LogP) is 5.11. The van der Waals surface area contributed by atoms with Crippen molar-refractivity contribution in [3.63, 3.8) is 0 Å². The van der Waals surface area contributed by atoms with Crippen LogP contribution in [-0.2, 0) is 17.5 Å². The van der Waals surface area contributed by atoms with E-state index < -0.39 is 17.7 Å². The number of amides is 1. The number of aromatic nitrogens is 2. The van der Waals surface area contributed by atoms with E-state index in [4.69, 9.17) is 0 Å². The van der Waals surface area contributed by atoms with E-state index in [0.717, 1.165) is 25.0 Å². The average molecular weight is 473 g/mol. The number of rotatable bonds is 8. The molecule has 2 N–H and O–H groups in total. The van der Waals surface area contributed by atoms with Crippen molar-refractivity contribution in [1.82, 2.24) is 14.9 Å². The van der Waals surface area contributed by atoms with Crippen LogP contribution in [0.2, 0.25) is 0 Å². The Morgan fingerprint density at radius 3 is 2.50 bits per heavy atom. The lowest BCUT2D eigenvalue weighted by Crippen LogP contribution is -2.45. The van der Waals surface area contributed by atoms with Gasteiger partial charge in [-0.05, 0) is 61.4 Å². The molecule has 1 heterocycles. The van der Waals surface area contributed by atoms with Gasteiger partial charge in [-0.2, -0.15) is 13.2 Å². The fourth-order valence-electron chi connectivity index (χ4n) is 4.58. The van der Waals surface area contributed by atoms with Gasteiger partial charge in [0, 0.05) is 12.6 Å². The first-order valence-corrected chi connectivity index (χ1v) is 11.3. The van der Waals surface area contributed by atoms with Crippen LogP contribution in [0.5, 0.6) is 0 Å². The fourth-order valence-corrected chi connectivity index (χ4v) is 4.58. The minimum atomic E-state index is -4.39. The number of alkyl halides is 3. The molecule has 3 aromatic rings. The van der Waals surface area contributed by atoms with Gasteiger partial charge < -0.3 is 15.0 Å². The van der Waals surface area contributed by atoms with Crippen molar-refractivity contribution in [2.75, 3.05) is 0 Å². The summed E-state index contributed by atoms with van der Waals surface area (Å²) in [6, 6.07) is 10.2. The van der Waals surface area contributed by atoms with Crippen molar-refractivity contribution >= 4 is 22.9 Å². The molecule has 1 aromatic heterocycles. The molecular weight excluding hydrogens is 447 g/mol. The highest BCUT2D eigenvalue weighted by molar-refractivity contribution is 6.05. The quantitative estimate of drug-likeness (QED) is 0.476. The number of carbonyl (C=O) groups is 2. The van der Waals surface area contributed by atoms with Gasteiger partial charge in [-0.25, -0.2) is 4.98 Å². The Hall–Kier alpha value is -3.36. The summed E-state index contributed by atoms with van der Waals surface area (Å²) in [5.41, 5.74) is 1.64. The Kier molecular flexibility index (Phi) is 6.63. The minimum absolute atomic E-state index is 0.00894. The van der Waals surface area contributed by atoms with Crippen molar-refractivity contribution in [2.24, 2.45) is 11.8 Å². The molecule has 2 aromatic carbocycles. The lowest BCUT2D eigenvalue weighted by molar-refractivity contribution is -0.143. The number of aliphatic carboxylic acids is 1. The summed E-state index contributed by atoms with van der Waals surface area (Å²) in [4.78, 5) is 28.6. The second kappa shape index (κ2) is 9.48. The second-order valence-corrected chi connectivity index (χ2v) is 8.93. The summed E-state index contributed by atoms with van der Waals surface area (Å²) in [6.07, 6.45) is -0.111. The maximum atomic E-state index is 13.0. The first kappa shape index (κ1) is 23.8. The Morgan fingerprint density at radius 1 is 1.18 bits per heavy atom. The van der Waals surface area contributed by atoms with Gasteiger partial charge in [0.2, 0.25) is 0 Å². The summed E-state index contributed by atoms with van der Waals surface area (Å²) < 4.78 is 40.3. The van der Waals surface area contributed by atoms with Gasteiger partial charge in [-0.1, -0.05) is 25.1 Å². The third-order valence-electron chi connectivity index (χ3n) is 6.55. The second-order valence-electron chi connectivity index (χ2n) is 8.93. The topological polar surface area (TPSA) is 84.2 Å². The Morgan fingerprint density at radius 2 is 1.88 bits per heavy atom. The van der Waals surface area contributed by atoms with Gasteiger partial charge >= 0.3 is 12.1 Å². The molecule has 1 aliphatic rings. The molecule has 0 aliphatic heterocycles. The van der Waals surface area contributed by atoms with Crippen molar-refractivity contribution in [2.45, 2.75) is 51.4 Å². The number of imidazole rings is 1. The number of nitrogens with one attached hydrogen (secondary N) is 1. The van der Waals surface area contributed by atoms with Crippen LogP contribution >= 0.6 is 0 Å². The molecule has 0 unspecified atom stereocenters. The van der Waals surface area contributed by atoms with Crippen LogP contribution in [0.25, 0.3) is 11.0 Å². The van der Waals surface area contributed by atoms with Crippen molar-refractivity contribution in [1.29, 1.82) is 0 Å². The lowest BCUT2D eigenvalue weighted by atomic mass is 9.74. The smallest absolute Gasteiger partial charge is 0.416 e. The summed E-state index contributed by atoms with van der Waals surface area (Å²) in [5, 5.41) is 12.3. The summed E-state index contributed by atoms with van der Waals surface area (Å²) >= 11 is 0. The highest BCUT2D eigenvalue weighted by Crippen LogP contribution is 2.34. The molecule has 0 saturated heterocycles. The van der Waals surface area contributed by atoms with E-state index in [-0.39, 0.29) is 30.3 Å². The number of para-hydroxylation sites is 1. The number of fused-ring (bicyclic) bond motifs is 1. The maximum Gasteiger partial charge on any atom is 0.416 e. The molecule has 34 heavy (non-hydrogen) atoms. The van der Waals surface area contributed by atoms with Crippen molar-refractivity contribution < 1.29 is 27.9 Å². The summed E-state index contributed by atoms with van der Waals surface area (Å²) in [6.45, 7) is 2.14. The molecule has 1 amide bonds. The zero-order chi connectivity index (χ0) is 24.5. The van der Waals surface area contributed by atoms with Gasteiger partial charge in [0.1, 0.15) is 0 Å². The Bertz CT molecular complexity index is 1180. The van der Waals surface area contributed by atoms with E-state index in [0.29, 0.717) is 35.0 Å². The van der Waals surface area contributed by atoms with E-state index in [1.807, 2.05) is 6.92 Å². The minimum Gasteiger partial charge on any atom is -0.481 e. The molecule has 6 nitrogen and oxygen atoms in total. The van der Waals surface area contributed by atoms with Crippen LogP contribution in [0.1, 0.15) is 54.1 Å². The molecular formula is C25H26F3N3O3. The maximum absolute atomic E-state index is 13.0. The van der Waals surface area contributed by atoms with Crippen LogP contribution < -0.4 is 5.32 Å². The molecule has 1 atom stereocenters. The third kappa shape index (κ3) is 5.08. The molecule has 0 radical (unpaired) electrons. The molecule has 4 rings (SSSR count). The molecule has 180 valence electrons. The number of nitrogens with zero attached hydrogens (tertiary/aromatic N) is 2. The number of hydrogen-bond donors (Lipinski definition) is 2. The predicted molar refractivity (Wildman–Crippen MR) is 120 cm³/mol. The Labute approximate surface area is 194 Å². The van der Waals surface area contributed by atoms with Gasteiger partial charge in [0.25, 0.3) is 5.91 Å². The van der Waals surface area contributed by atoms with Crippen molar-refractivity contribution in [3.8, 4) is 0 Å². The summed E-state index contributed by atoms with van der Waals surface area (Å²) in [7, 11) is 0. The lowest BCUT2D eigenvalue weighted by Gasteiger charge is -2.37. The van der Waals surface area contributed by atoms with Crippen LogP contribution in [0.4, 0.5) is 13.2 Å². The van der Waals surface area contributed by atoms with Crippen LogP contribution in [-0.4, -0.2) is 32.6 Å². The largest absolute Gasteiger partial charge is 0.481 e. The first-order chi connectivity index (χ1) is 16.2. The number of carboxylic acid groups (broad SMARTS) is 1. The van der Waals surface area contributed by atoms with Gasteiger partial charge in [0.15, 0.2) is 0 Å². The van der Waals surface area contributed by atoms with E-state index >= 15 is 0 Å². The summed E-state index contributed by atoms with van der Waals surface area (Å²) in [5.74, 6) is -1.08. The van der Waals surface area contributed by atoms with E-state index in [9.17, 15) is 27.9 Å². The van der Waals surface area contributed by atoms with Crippen LogP contribution in [0, 0.1) is 11.8 Å². The highest BCUT2D eigenvalue weighted by Gasteiger charge is 2.34. The molecule has 1 fully saturated rings. The zero-order valence-corrected chi connectivity index (χ0v) is 18.7. The first-order valence-electron chi connectivity index (χ1n) is 11.3. The molecule has 0 bridgehead atoms. The Balaban J connectivity index is 1.45. The van der Waals surface area contributed by atoms with Crippen molar-refractivity contribution in [3.05, 3.63) is 65.5 Å². The number of carbonyl (C=O) groups excluding carboxylic acids is 1. The van der Waals surface area contributed by atoms with Crippen LogP contribution in [0.15, 0.2) is 48.8 Å². The SMILES string of the molecule is CC[C@H](CC1CC(NC(=O)c2cccc3ncn(Cc4ccc(C(F)(F)F)cc4)c23)C1)C(=O)O. The standard InChI is InChI=1S/C25H26F3N3O3/c1-2-17(24(33)34)10-16-11-19(12-16)30-23(32)20-4-3-5-21-22(20)31(14-29-21)13-15-6-8-18(9-7-15)25(26,27)28/h3-9,14,16-17,19H,2,10-13H2,1H3,(H,30,32)(H,33,34)/t16?,17-,19?/m1/s1. The number of benzene rings is 2. The average Bonchev–Trinajstić information content (AvgIpc) is 3.17. The fraction of sp³-hybridized carbons (Fsp3) is 0.400.